The Kier molecular flexibility index (Phi) is 2.63. The predicted molar refractivity (Wildman–Crippen MR) is 55.5 cm³/mol. The summed E-state index contributed by atoms with van der Waals surface area (Å²) in [6, 6.07) is 6.03. The van der Waals surface area contributed by atoms with Gasteiger partial charge >= 0.3 is 6.09 Å². The fraction of sp³-hybridized carbons (Fsp3) is 0.200. The summed E-state index contributed by atoms with van der Waals surface area (Å²) >= 11 is 0. The number of carbonyl (C=O) groups is 2. The standard InChI is InChI=1S/C10H10N2O4/c13-9-7(12-10(14)15)5-16-8-4-2-1-3-6(8)11-9/h1-4,7,12H,5H2,(H,11,13)(H,14,15)/t7-/m0/s1. The maximum Gasteiger partial charge on any atom is 0.405 e. The number of anilines is 1. The molecule has 16 heavy (non-hydrogen) atoms. The highest BCUT2D eigenvalue weighted by molar-refractivity contribution is 5.98. The number of amides is 2. The van der Waals surface area contributed by atoms with Gasteiger partial charge in [0.15, 0.2) is 0 Å². The van der Waals surface area contributed by atoms with Crippen molar-refractivity contribution in [1.29, 1.82) is 0 Å². The number of hydrogen-bond acceptors (Lipinski definition) is 3. The largest absolute Gasteiger partial charge is 0.489 e. The normalized spacial score (nSPS) is 18.8. The number of para-hydroxylation sites is 2. The van der Waals surface area contributed by atoms with Crippen molar-refractivity contribution in [1.82, 2.24) is 5.32 Å². The summed E-state index contributed by atoms with van der Waals surface area (Å²) < 4.78 is 5.32. The summed E-state index contributed by atoms with van der Waals surface area (Å²) in [4.78, 5) is 22.0. The zero-order valence-corrected chi connectivity index (χ0v) is 8.27. The van der Waals surface area contributed by atoms with Gasteiger partial charge < -0.3 is 20.5 Å². The molecule has 1 atom stereocenters. The van der Waals surface area contributed by atoms with Crippen LogP contribution in [0.25, 0.3) is 0 Å². The lowest BCUT2D eigenvalue weighted by Gasteiger charge is -2.11. The van der Waals surface area contributed by atoms with Gasteiger partial charge in [0.2, 0.25) is 0 Å². The summed E-state index contributed by atoms with van der Waals surface area (Å²) in [7, 11) is 0. The van der Waals surface area contributed by atoms with E-state index in [0.717, 1.165) is 0 Å². The molecule has 0 bridgehead atoms. The summed E-state index contributed by atoms with van der Waals surface area (Å²) in [6.45, 7) is -0.0187. The number of carboxylic acid groups (broad SMARTS) is 1. The molecule has 6 heteroatoms. The van der Waals surface area contributed by atoms with Gasteiger partial charge in [0.25, 0.3) is 5.91 Å². The molecule has 0 aromatic heterocycles. The van der Waals surface area contributed by atoms with E-state index in [9.17, 15) is 9.59 Å². The molecule has 6 nitrogen and oxygen atoms in total. The van der Waals surface area contributed by atoms with Crippen LogP contribution in [-0.2, 0) is 4.79 Å². The molecule has 0 spiro atoms. The van der Waals surface area contributed by atoms with Gasteiger partial charge in [0, 0.05) is 0 Å². The second-order valence-corrected chi connectivity index (χ2v) is 3.30. The maximum absolute atomic E-state index is 11.6. The van der Waals surface area contributed by atoms with Crippen LogP contribution in [0.4, 0.5) is 10.5 Å². The molecule has 1 heterocycles. The number of nitrogens with one attached hydrogen (secondary N) is 2. The van der Waals surface area contributed by atoms with Gasteiger partial charge in [0.05, 0.1) is 5.69 Å². The average molecular weight is 222 g/mol. The van der Waals surface area contributed by atoms with Crippen LogP contribution in [0.15, 0.2) is 24.3 Å². The van der Waals surface area contributed by atoms with Crippen molar-refractivity contribution in [2.24, 2.45) is 0 Å². The first-order chi connectivity index (χ1) is 7.66. The highest BCUT2D eigenvalue weighted by Crippen LogP contribution is 2.25. The smallest absolute Gasteiger partial charge is 0.405 e. The number of fused-ring (bicyclic) bond motifs is 1. The number of benzene rings is 1. The Balaban J connectivity index is 2.18. The second-order valence-electron chi connectivity index (χ2n) is 3.30. The molecule has 2 amide bonds. The lowest BCUT2D eigenvalue weighted by Crippen LogP contribution is -2.45. The van der Waals surface area contributed by atoms with E-state index in [2.05, 4.69) is 10.6 Å². The molecule has 0 fully saturated rings. The number of ether oxygens (including phenoxy) is 1. The molecular formula is C10H10N2O4. The summed E-state index contributed by atoms with van der Waals surface area (Å²) in [5.41, 5.74) is 0.544. The van der Waals surface area contributed by atoms with Gasteiger partial charge in [-0.1, -0.05) is 12.1 Å². The Hall–Kier alpha value is -2.24. The highest BCUT2D eigenvalue weighted by Gasteiger charge is 2.25. The van der Waals surface area contributed by atoms with E-state index in [1.165, 1.54) is 0 Å². The lowest BCUT2D eigenvalue weighted by atomic mass is 10.3. The molecule has 1 aromatic carbocycles. The van der Waals surface area contributed by atoms with Gasteiger partial charge in [-0.15, -0.1) is 0 Å². The molecule has 0 radical (unpaired) electrons. The van der Waals surface area contributed by atoms with E-state index in [4.69, 9.17) is 9.84 Å². The van der Waals surface area contributed by atoms with Crippen molar-refractivity contribution in [2.75, 3.05) is 11.9 Å². The minimum atomic E-state index is -1.25. The summed E-state index contributed by atoms with van der Waals surface area (Å²) in [6.07, 6.45) is -1.25. The number of rotatable bonds is 1. The van der Waals surface area contributed by atoms with Crippen LogP contribution in [0.3, 0.4) is 0 Å². The molecule has 1 aromatic rings. The molecule has 0 saturated heterocycles. The zero-order valence-electron chi connectivity index (χ0n) is 8.27. The number of carbonyl (C=O) groups excluding carboxylic acids is 1. The molecule has 0 aliphatic carbocycles. The third-order valence-corrected chi connectivity index (χ3v) is 2.16. The van der Waals surface area contributed by atoms with Crippen LogP contribution in [0.5, 0.6) is 5.75 Å². The van der Waals surface area contributed by atoms with Crippen LogP contribution in [0.1, 0.15) is 0 Å². The molecule has 0 unspecified atom stereocenters. The van der Waals surface area contributed by atoms with Crippen molar-refractivity contribution in [3.05, 3.63) is 24.3 Å². The average Bonchev–Trinajstić information content (AvgIpc) is 2.39. The topological polar surface area (TPSA) is 87.7 Å². The van der Waals surface area contributed by atoms with Crippen LogP contribution in [0, 0.1) is 0 Å². The van der Waals surface area contributed by atoms with E-state index in [1.54, 1.807) is 24.3 Å². The minimum Gasteiger partial charge on any atom is -0.489 e. The van der Waals surface area contributed by atoms with Crippen molar-refractivity contribution in [2.45, 2.75) is 6.04 Å². The summed E-state index contributed by atoms with van der Waals surface area (Å²) in [5.74, 6) is 0.109. The van der Waals surface area contributed by atoms with Crippen molar-refractivity contribution in [3.8, 4) is 5.75 Å². The highest BCUT2D eigenvalue weighted by atomic mass is 16.5. The van der Waals surface area contributed by atoms with Crippen LogP contribution < -0.4 is 15.4 Å². The van der Waals surface area contributed by atoms with E-state index in [-0.39, 0.29) is 6.61 Å². The van der Waals surface area contributed by atoms with Crippen LogP contribution >= 0.6 is 0 Å². The molecule has 3 N–H and O–H groups in total. The van der Waals surface area contributed by atoms with Crippen LogP contribution in [0.2, 0.25) is 0 Å². The number of hydrogen-bond donors (Lipinski definition) is 3. The first kappa shape index (κ1) is 10.3. The maximum atomic E-state index is 11.6. The van der Waals surface area contributed by atoms with Gasteiger partial charge in [-0.05, 0) is 12.1 Å². The van der Waals surface area contributed by atoms with E-state index in [1.807, 2.05) is 0 Å². The van der Waals surface area contributed by atoms with E-state index in [0.29, 0.717) is 11.4 Å². The Morgan fingerprint density at radius 2 is 2.25 bits per heavy atom. The molecule has 2 rings (SSSR count). The Bertz CT molecular complexity index is 433. The third kappa shape index (κ3) is 2.05. The lowest BCUT2D eigenvalue weighted by molar-refractivity contribution is -0.118. The summed E-state index contributed by atoms with van der Waals surface area (Å²) in [5, 5.41) is 13.2. The molecular weight excluding hydrogens is 212 g/mol. The van der Waals surface area contributed by atoms with Gasteiger partial charge in [-0.25, -0.2) is 4.79 Å². The van der Waals surface area contributed by atoms with Gasteiger partial charge in [0.1, 0.15) is 18.4 Å². The van der Waals surface area contributed by atoms with Gasteiger partial charge in [-0.3, -0.25) is 4.79 Å². The fourth-order valence-corrected chi connectivity index (χ4v) is 1.42. The van der Waals surface area contributed by atoms with E-state index >= 15 is 0 Å². The van der Waals surface area contributed by atoms with Gasteiger partial charge in [-0.2, -0.15) is 0 Å². The monoisotopic (exact) mass is 222 g/mol. The van der Waals surface area contributed by atoms with Crippen molar-refractivity contribution < 1.29 is 19.4 Å². The molecule has 1 aliphatic rings. The van der Waals surface area contributed by atoms with Crippen molar-refractivity contribution in [3.63, 3.8) is 0 Å². The molecule has 84 valence electrons. The van der Waals surface area contributed by atoms with Crippen molar-refractivity contribution >= 4 is 17.7 Å². The third-order valence-electron chi connectivity index (χ3n) is 2.16. The Morgan fingerprint density at radius 3 is 3.00 bits per heavy atom. The predicted octanol–water partition coefficient (Wildman–Crippen LogP) is 0.654. The second kappa shape index (κ2) is 4.09. The zero-order chi connectivity index (χ0) is 11.5. The first-order valence-corrected chi connectivity index (χ1v) is 4.69. The quantitative estimate of drug-likeness (QED) is 0.651. The Labute approximate surface area is 91.2 Å². The molecule has 0 saturated carbocycles. The fourth-order valence-electron chi connectivity index (χ4n) is 1.42. The molecule has 1 aliphatic heterocycles. The van der Waals surface area contributed by atoms with Crippen LogP contribution in [-0.4, -0.2) is 29.8 Å². The SMILES string of the molecule is O=C(O)N[C@H]1COc2ccccc2NC1=O. The Morgan fingerprint density at radius 1 is 1.50 bits per heavy atom. The minimum absolute atomic E-state index is 0.0187. The first-order valence-electron chi connectivity index (χ1n) is 4.69. The van der Waals surface area contributed by atoms with E-state index < -0.39 is 18.0 Å².